The summed E-state index contributed by atoms with van der Waals surface area (Å²) < 4.78 is 2.19. The first kappa shape index (κ1) is 13.0. The fourth-order valence-corrected chi connectivity index (χ4v) is 4.00. The number of rotatable bonds is 3. The average Bonchev–Trinajstić information content (AvgIpc) is 3.11. The van der Waals surface area contributed by atoms with Crippen LogP contribution in [0.2, 0.25) is 0 Å². The van der Waals surface area contributed by atoms with E-state index in [1.807, 2.05) is 24.9 Å². The average molecular weight is 283 g/mol. The highest BCUT2D eigenvalue weighted by atomic mass is 16.3. The Hall–Kier alpha value is -1.68. The van der Waals surface area contributed by atoms with Gasteiger partial charge < -0.3 is 9.67 Å². The number of hydrogen-bond donors (Lipinski definition) is 1. The summed E-state index contributed by atoms with van der Waals surface area (Å²) in [7, 11) is 0. The zero-order valence-corrected chi connectivity index (χ0v) is 12.2. The summed E-state index contributed by atoms with van der Waals surface area (Å²) in [6.07, 6.45) is 14.3. The van der Waals surface area contributed by atoms with Gasteiger partial charge in [-0.1, -0.05) is 19.3 Å². The molecule has 2 aliphatic rings. The Morgan fingerprint density at radius 2 is 2.05 bits per heavy atom. The van der Waals surface area contributed by atoms with Gasteiger partial charge in [-0.15, -0.1) is 0 Å². The van der Waals surface area contributed by atoms with E-state index in [1.54, 1.807) is 0 Å². The van der Waals surface area contributed by atoms with E-state index < -0.39 is 0 Å². The van der Waals surface area contributed by atoms with Crippen LogP contribution < -0.4 is 0 Å². The molecule has 0 saturated heterocycles. The zero-order valence-electron chi connectivity index (χ0n) is 12.2. The number of aliphatic hydroxyl groups excluding tert-OH is 1. The molecule has 4 nitrogen and oxygen atoms in total. The number of hydrogen-bond acceptors (Lipinski definition) is 3. The maximum absolute atomic E-state index is 10.7. The molecule has 0 aromatic carbocycles. The van der Waals surface area contributed by atoms with Crippen LogP contribution in [-0.4, -0.2) is 25.7 Å². The van der Waals surface area contributed by atoms with Crippen LogP contribution in [-0.2, 0) is 0 Å². The fourth-order valence-electron chi connectivity index (χ4n) is 4.00. The molecule has 4 rings (SSSR count). The van der Waals surface area contributed by atoms with Gasteiger partial charge in [0.25, 0.3) is 0 Å². The number of aliphatic hydroxyl groups is 1. The number of pyridine rings is 1. The van der Waals surface area contributed by atoms with E-state index in [2.05, 4.69) is 20.6 Å². The minimum absolute atomic E-state index is 0.183. The van der Waals surface area contributed by atoms with Crippen molar-refractivity contribution in [1.82, 2.24) is 14.5 Å². The van der Waals surface area contributed by atoms with E-state index in [-0.39, 0.29) is 12.1 Å². The fraction of sp³-hybridized carbons (Fsp3) is 0.529. The molecule has 3 heterocycles. The molecule has 1 aliphatic carbocycles. The van der Waals surface area contributed by atoms with Crippen LogP contribution in [0.4, 0.5) is 0 Å². The summed E-state index contributed by atoms with van der Waals surface area (Å²) in [5.41, 5.74) is 3.58. The van der Waals surface area contributed by atoms with Crippen molar-refractivity contribution in [3.05, 3.63) is 36.5 Å². The standard InChI is InChI=1S/C17H21N3O/c21-17(12-4-2-1-3-5-12)8-15-14-9-18-7-6-13(14)16-10-19-11-20(15)16/h6-7,9-12,15,17,21H,1-5,8H2. The van der Waals surface area contributed by atoms with Crippen molar-refractivity contribution in [2.24, 2.45) is 5.92 Å². The van der Waals surface area contributed by atoms with Gasteiger partial charge in [0.2, 0.25) is 0 Å². The lowest BCUT2D eigenvalue weighted by Crippen LogP contribution is -2.26. The third kappa shape index (κ3) is 2.18. The molecule has 1 saturated carbocycles. The largest absolute Gasteiger partial charge is 0.393 e. The maximum Gasteiger partial charge on any atom is 0.0956 e. The normalized spacial score (nSPS) is 22.8. The summed E-state index contributed by atoms with van der Waals surface area (Å²) in [6, 6.07) is 2.23. The molecule has 2 atom stereocenters. The topological polar surface area (TPSA) is 50.9 Å². The molecular formula is C17H21N3O. The molecule has 110 valence electrons. The van der Waals surface area contributed by atoms with Gasteiger partial charge >= 0.3 is 0 Å². The molecule has 2 aromatic rings. The van der Waals surface area contributed by atoms with Crippen molar-refractivity contribution in [3.8, 4) is 11.3 Å². The Morgan fingerprint density at radius 1 is 1.19 bits per heavy atom. The lowest BCUT2D eigenvalue weighted by atomic mass is 9.82. The van der Waals surface area contributed by atoms with Gasteiger partial charge in [-0.25, -0.2) is 4.98 Å². The van der Waals surface area contributed by atoms with Gasteiger partial charge in [0.1, 0.15) is 0 Å². The van der Waals surface area contributed by atoms with Gasteiger partial charge in [0.15, 0.2) is 0 Å². The van der Waals surface area contributed by atoms with E-state index in [0.29, 0.717) is 5.92 Å². The quantitative estimate of drug-likeness (QED) is 0.941. The van der Waals surface area contributed by atoms with Crippen molar-refractivity contribution in [1.29, 1.82) is 0 Å². The molecular weight excluding hydrogens is 262 g/mol. The molecule has 4 heteroatoms. The lowest BCUT2D eigenvalue weighted by Gasteiger charge is -2.29. The summed E-state index contributed by atoms with van der Waals surface area (Å²) in [4.78, 5) is 8.55. The second kappa shape index (κ2) is 5.26. The van der Waals surface area contributed by atoms with Crippen LogP contribution in [0.5, 0.6) is 0 Å². The maximum atomic E-state index is 10.7. The summed E-state index contributed by atoms with van der Waals surface area (Å²) >= 11 is 0. The second-order valence-electron chi connectivity index (χ2n) is 6.37. The van der Waals surface area contributed by atoms with Crippen LogP contribution in [0.15, 0.2) is 31.0 Å². The first-order valence-electron chi connectivity index (χ1n) is 7.99. The van der Waals surface area contributed by atoms with E-state index >= 15 is 0 Å². The lowest BCUT2D eigenvalue weighted by molar-refractivity contribution is 0.0686. The van der Waals surface area contributed by atoms with Crippen molar-refractivity contribution in [2.75, 3.05) is 0 Å². The number of fused-ring (bicyclic) bond motifs is 3. The van der Waals surface area contributed by atoms with E-state index in [9.17, 15) is 5.11 Å². The first-order valence-corrected chi connectivity index (χ1v) is 7.99. The van der Waals surface area contributed by atoms with Gasteiger partial charge in [-0.05, 0) is 31.2 Å². The minimum Gasteiger partial charge on any atom is -0.393 e. The smallest absolute Gasteiger partial charge is 0.0956 e. The third-order valence-corrected chi connectivity index (χ3v) is 5.15. The first-order chi connectivity index (χ1) is 10.3. The van der Waals surface area contributed by atoms with E-state index in [1.165, 1.54) is 43.2 Å². The summed E-state index contributed by atoms with van der Waals surface area (Å²) in [5, 5.41) is 10.7. The number of aromatic nitrogens is 3. The Kier molecular flexibility index (Phi) is 3.26. The molecule has 0 amide bonds. The molecule has 1 fully saturated rings. The predicted molar refractivity (Wildman–Crippen MR) is 80.8 cm³/mol. The number of nitrogens with zero attached hydrogens (tertiary/aromatic N) is 3. The summed E-state index contributed by atoms with van der Waals surface area (Å²) in [6.45, 7) is 0. The highest BCUT2D eigenvalue weighted by molar-refractivity contribution is 5.68. The molecule has 2 unspecified atom stereocenters. The van der Waals surface area contributed by atoms with Gasteiger partial charge in [-0.2, -0.15) is 0 Å². The van der Waals surface area contributed by atoms with E-state index in [4.69, 9.17) is 0 Å². The van der Waals surface area contributed by atoms with Crippen molar-refractivity contribution in [2.45, 2.75) is 50.7 Å². The highest BCUT2D eigenvalue weighted by Gasteiger charge is 2.32. The molecule has 0 bridgehead atoms. The second-order valence-corrected chi connectivity index (χ2v) is 6.37. The zero-order chi connectivity index (χ0) is 14.2. The van der Waals surface area contributed by atoms with Gasteiger partial charge in [0.05, 0.1) is 30.4 Å². The predicted octanol–water partition coefficient (Wildman–Crippen LogP) is 3.18. The molecule has 21 heavy (non-hydrogen) atoms. The Bertz CT molecular complexity index is 630. The van der Waals surface area contributed by atoms with Crippen LogP contribution in [0.3, 0.4) is 0 Å². The van der Waals surface area contributed by atoms with Crippen molar-refractivity contribution >= 4 is 0 Å². The highest BCUT2D eigenvalue weighted by Crippen LogP contribution is 2.42. The van der Waals surface area contributed by atoms with Crippen molar-refractivity contribution in [3.63, 3.8) is 0 Å². The third-order valence-electron chi connectivity index (χ3n) is 5.15. The van der Waals surface area contributed by atoms with E-state index in [0.717, 1.165) is 12.1 Å². The molecule has 1 N–H and O–H groups in total. The molecule has 0 spiro atoms. The minimum atomic E-state index is -0.225. The Labute approximate surface area is 124 Å². The molecule has 2 aromatic heterocycles. The van der Waals surface area contributed by atoms with Crippen LogP contribution in [0.1, 0.15) is 50.1 Å². The Morgan fingerprint density at radius 3 is 2.90 bits per heavy atom. The van der Waals surface area contributed by atoms with Crippen LogP contribution in [0.25, 0.3) is 11.3 Å². The molecule has 0 radical (unpaired) electrons. The van der Waals surface area contributed by atoms with Crippen LogP contribution >= 0.6 is 0 Å². The van der Waals surface area contributed by atoms with Crippen molar-refractivity contribution < 1.29 is 5.11 Å². The number of imidazole rings is 1. The molecule has 1 aliphatic heterocycles. The van der Waals surface area contributed by atoms with Gasteiger partial charge in [0, 0.05) is 23.5 Å². The Balaban J connectivity index is 1.60. The summed E-state index contributed by atoms with van der Waals surface area (Å²) in [5.74, 6) is 0.464. The van der Waals surface area contributed by atoms with Gasteiger partial charge in [-0.3, -0.25) is 4.98 Å². The SMILES string of the molecule is OC(CC1c2cnccc2-c2cncn21)C1CCCCC1. The monoisotopic (exact) mass is 283 g/mol. The van der Waals surface area contributed by atoms with Crippen LogP contribution in [0, 0.1) is 5.92 Å².